The summed E-state index contributed by atoms with van der Waals surface area (Å²) in [5.74, 6) is 0.685. The van der Waals surface area contributed by atoms with Gasteiger partial charge in [0, 0.05) is 35.4 Å². The van der Waals surface area contributed by atoms with Gasteiger partial charge in [-0.1, -0.05) is 42.5 Å². The van der Waals surface area contributed by atoms with Crippen molar-refractivity contribution in [1.82, 2.24) is 4.57 Å². The minimum absolute atomic E-state index is 0.131. The number of sulfonamides is 1. The molecule has 9 heteroatoms. The van der Waals surface area contributed by atoms with Crippen molar-refractivity contribution in [3.63, 3.8) is 0 Å². The molecule has 0 amide bonds. The fourth-order valence-corrected chi connectivity index (χ4v) is 7.69. The molecule has 3 heterocycles. The van der Waals surface area contributed by atoms with E-state index in [-0.39, 0.29) is 31.1 Å². The second kappa shape index (κ2) is 8.51. The van der Waals surface area contributed by atoms with E-state index in [4.69, 9.17) is 14.2 Å². The Bertz CT molecular complexity index is 1800. The Labute approximate surface area is 233 Å². The number of fused-ring (bicyclic) bond motifs is 8. The summed E-state index contributed by atoms with van der Waals surface area (Å²) < 4.78 is 46.7. The highest BCUT2D eigenvalue weighted by molar-refractivity contribution is 7.92. The normalized spacial score (nSPS) is 21.2. The first-order valence-electron chi connectivity index (χ1n) is 13.4. The monoisotopic (exact) mass is 558 g/mol. The molecular weight excluding hydrogens is 528 g/mol. The molecule has 206 valence electrons. The van der Waals surface area contributed by atoms with E-state index in [1.807, 2.05) is 87.5 Å². The van der Waals surface area contributed by atoms with Crippen molar-refractivity contribution < 1.29 is 27.4 Å². The fraction of sp³-hybridized carbons (Fsp3) is 0.323. The van der Waals surface area contributed by atoms with Gasteiger partial charge < -0.3 is 14.2 Å². The van der Waals surface area contributed by atoms with E-state index in [0.29, 0.717) is 17.2 Å². The van der Waals surface area contributed by atoms with Crippen molar-refractivity contribution in [2.75, 3.05) is 23.9 Å². The van der Waals surface area contributed by atoms with Gasteiger partial charge in [0.15, 0.2) is 11.5 Å². The van der Waals surface area contributed by atoms with Crippen LogP contribution in [0.15, 0.2) is 66.7 Å². The Balaban J connectivity index is 1.55. The maximum absolute atomic E-state index is 13.9. The van der Waals surface area contributed by atoms with Gasteiger partial charge in [-0.2, -0.15) is 0 Å². The average molecular weight is 559 g/mol. The summed E-state index contributed by atoms with van der Waals surface area (Å²) in [6, 6.07) is 21.4. The SMILES string of the molecule is CC(C)(C)OC(=O)n1c2c(c3ccccc31)[C@@H]1c3ccccc3N(S(C)(=O)=O)C[C@@H]1[C@H]2c1ccc2c(c1)OCO2. The number of ether oxygens (including phenoxy) is 3. The van der Waals surface area contributed by atoms with Crippen LogP contribution in [-0.2, 0) is 14.8 Å². The van der Waals surface area contributed by atoms with Crippen molar-refractivity contribution in [2.45, 2.75) is 38.2 Å². The fourth-order valence-electron chi connectivity index (χ4n) is 6.72. The number of carbonyl (C=O) groups excluding carboxylic acids is 1. The van der Waals surface area contributed by atoms with Crippen LogP contribution in [-0.4, -0.2) is 44.3 Å². The van der Waals surface area contributed by atoms with E-state index < -0.39 is 21.7 Å². The standard InChI is InChI=1S/C31H30N2O6S/c1-31(2,3)39-30(34)33-23-12-8-6-10-20(23)28-27-19-9-5-7-11-22(19)32(40(4,35)36)16-21(27)26(29(28)33)18-13-14-24-25(15-18)38-17-37-24/h5-15,21,26-27H,16-17H2,1-4H3/t21-,26-,27-/m1/s1. The van der Waals surface area contributed by atoms with Crippen LogP contribution in [0, 0.1) is 5.92 Å². The van der Waals surface area contributed by atoms with Crippen molar-refractivity contribution in [3.05, 3.63) is 89.1 Å². The molecule has 40 heavy (non-hydrogen) atoms. The molecule has 0 fully saturated rings. The Kier molecular flexibility index (Phi) is 5.32. The highest BCUT2D eigenvalue weighted by Gasteiger charge is 2.52. The smallest absolute Gasteiger partial charge is 0.419 e. The summed E-state index contributed by atoms with van der Waals surface area (Å²) in [5, 5.41) is 0.962. The van der Waals surface area contributed by atoms with Gasteiger partial charge in [-0.05, 0) is 61.7 Å². The lowest BCUT2D eigenvalue weighted by Gasteiger charge is -2.39. The molecule has 0 bridgehead atoms. The number of anilines is 1. The zero-order valence-corrected chi connectivity index (χ0v) is 23.6. The summed E-state index contributed by atoms with van der Waals surface area (Å²) in [7, 11) is -3.57. The molecule has 8 nitrogen and oxygen atoms in total. The van der Waals surface area contributed by atoms with Crippen molar-refractivity contribution >= 4 is 32.7 Å². The van der Waals surface area contributed by atoms with Gasteiger partial charge in [-0.3, -0.25) is 4.31 Å². The van der Waals surface area contributed by atoms with Crippen LogP contribution in [0.1, 0.15) is 55.0 Å². The van der Waals surface area contributed by atoms with Gasteiger partial charge >= 0.3 is 6.09 Å². The van der Waals surface area contributed by atoms with Crippen LogP contribution in [0.3, 0.4) is 0 Å². The summed E-state index contributed by atoms with van der Waals surface area (Å²) in [6.45, 7) is 5.98. The van der Waals surface area contributed by atoms with E-state index in [2.05, 4.69) is 0 Å². The van der Waals surface area contributed by atoms with Gasteiger partial charge in [0.25, 0.3) is 0 Å². The Morgan fingerprint density at radius 1 is 0.950 bits per heavy atom. The third-order valence-electron chi connectivity index (χ3n) is 8.06. The van der Waals surface area contributed by atoms with E-state index >= 15 is 0 Å². The molecule has 3 atom stereocenters. The molecular formula is C31H30N2O6S. The number of hydrogen-bond acceptors (Lipinski definition) is 6. The first kappa shape index (κ1) is 25.0. The molecule has 0 saturated heterocycles. The Morgan fingerprint density at radius 3 is 2.45 bits per heavy atom. The molecule has 3 aromatic carbocycles. The zero-order chi connectivity index (χ0) is 28.0. The van der Waals surface area contributed by atoms with Crippen LogP contribution >= 0.6 is 0 Å². The summed E-state index contributed by atoms with van der Waals surface area (Å²) in [4.78, 5) is 13.9. The summed E-state index contributed by atoms with van der Waals surface area (Å²) in [5.41, 5.74) is 4.48. The van der Waals surface area contributed by atoms with Crippen LogP contribution in [0.5, 0.6) is 11.5 Å². The number of hydrogen-bond donors (Lipinski definition) is 0. The topological polar surface area (TPSA) is 87.1 Å². The number of para-hydroxylation sites is 2. The highest BCUT2D eigenvalue weighted by Crippen LogP contribution is 2.60. The quantitative estimate of drug-likeness (QED) is 0.308. The molecule has 0 N–H and O–H groups in total. The first-order chi connectivity index (χ1) is 19.0. The van der Waals surface area contributed by atoms with Crippen molar-refractivity contribution in [3.8, 4) is 11.5 Å². The molecule has 1 aromatic heterocycles. The van der Waals surface area contributed by atoms with E-state index in [1.165, 1.54) is 10.6 Å². The number of nitrogens with zero attached hydrogens (tertiary/aromatic N) is 2. The first-order valence-corrected chi connectivity index (χ1v) is 15.2. The lowest BCUT2D eigenvalue weighted by Crippen LogP contribution is -2.41. The predicted octanol–water partition coefficient (Wildman–Crippen LogP) is 5.83. The summed E-state index contributed by atoms with van der Waals surface area (Å²) in [6.07, 6.45) is 0.792. The number of rotatable bonds is 2. The number of benzene rings is 3. The maximum Gasteiger partial charge on any atom is 0.419 e. The Hall–Kier alpha value is -3.98. The Morgan fingerprint density at radius 2 is 1.68 bits per heavy atom. The molecule has 0 spiro atoms. The molecule has 2 aliphatic heterocycles. The van der Waals surface area contributed by atoms with Gasteiger partial charge in [0.05, 0.1) is 17.5 Å². The van der Waals surface area contributed by atoms with Gasteiger partial charge in [-0.15, -0.1) is 0 Å². The third kappa shape index (κ3) is 3.71. The summed E-state index contributed by atoms with van der Waals surface area (Å²) >= 11 is 0. The largest absolute Gasteiger partial charge is 0.454 e. The number of aromatic nitrogens is 1. The van der Waals surface area contributed by atoms with E-state index in [9.17, 15) is 13.2 Å². The highest BCUT2D eigenvalue weighted by atomic mass is 32.2. The molecule has 0 saturated carbocycles. The lowest BCUT2D eigenvalue weighted by atomic mass is 9.76. The average Bonchev–Trinajstić information content (AvgIpc) is 3.57. The van der Waals surface area contributed by atoms with E-state index in [1.54, 1.807) is 4.57 Å². The van der Waals surface area contributed by atoms with Crippen molar-refractivity contribution in [2.24, 2.45) is 5.92 Å². The van der Waals surface area contributed by atoms with Crippen LogP contribution < -0.4 is 13.8 Å². The molecule has 0 unspecified atom stereocenters. The van der Waals surface area contributed by atoms with Gasteiger partial charge in [-0.25, -0.2) is 17.8 Å². The number of carbonyl (C=O) groups is 1. The second-order valence-corrected chi connectivity index (χ2v) is 13.6. The van der Waals surface area contributed by atoms with Gasteiger partial charge in [0.1, 0.15) is 5.60 Å². The minimum Gasteiger partial charge on any atom is -0.454 e. The van der Waals surface area contributed by atoms with Crippen molar-refractivity contribution in [1.29, 1.82) is 0 Å². The molecule has 3 aliphatic rings. The lowest BCUT2D eigenvalue weighted by molar-refractivity contribution is 0.0539. The third-order valence-corrected chi connectivity index (χ3v) is 9.21. The second-order valence-electron chi connectivity index (χ2n) is 11.7. The minimum atomic E-state index is -3.57. The molecule has 4 aromatic rings. The molecule has 0 radical (unpaired) electrons. The van der Waals surface area contributed by atoms with E-state index in [0.717, 1.165) is 33.3 Å². The van der Waals surface area contributed by atoms with Crippen LogP contribution in [0.25, 0.3) is 10.9 Å². The van der Waals surface area contributed by atoms with Gasteiger partial charge in [0.2, 0.25) is 16.8 Å². The molecule has 7 rings (SSSR count). The maximum atomic E-state index is 13.9. The van der Waals surface area contributed by atoms with Crippen LogP contribution in [0.4, 0.5) is 10.5 Å². The van der Waals surface area contributed by atoms with Crippen LogP contribution in [0.2, 0.25) is 0 Å². The zero-order valence-electron chi connectivity index (χ0n) is 22.7. The predicted molar refractivity (Wildman–Crippen MR) is 152 cm³/mol. The molecule has 1 aliphatic carbocycles.